The van der Waals surface area contributed by atoms with Crippen molar-refractivity contribution in [2.24, 2.45) is 17.8 Å². The standard InChI is InChI=1S/C16H30N2/c1-13-5-9-18(10-6-13)8-2-7-17-16-12-14-3-4-15(16)11-14/h13-17H,2-12H2,1H3. The zero-order chi connectivity index (χ0) is 12.4. The highest BCUT2D eigenvalue weighted by Crippen LogP contribution is 2.44. The SMILES string of the molecule is CC1CCN(CCCNC2CC3CCC2C3)CC1. The summed E-state index contributed by atoms with van der Waals surface area (Å²) in [6.45, 7) is 7.65. The van der Waals surface area contributed by atoms with Gasteiger partial charge in [0.1, 0.15) is 0 Å². The first-order chi connectivity index (χ1) is 8.81. The number of piperidine rings is 1. The van der Waals surface area contributed by atoms with Gasteiger partial charge in [0.05, 0.1) is 0 Å². The van der Waals surface area contributed by atoms with Crippen LogP contribution in [0.25, 0.3) is 0 Å². The largest absolute Gasteiger partial charge is 0.314 e. The molecule has 0 aromatic rings. The molecule has 2 bridgehead atoms. The van der Waals surface area contributed by atoms with E-state index in [2.05, 4.69) is 17.1 Å². The molecule has 3 unspecified atom stereocenters. The lowest BCUT2D eigenvalue weighted by Crippen LogP contribution is -2.38. The van der Waals surface area contributed by atoms with Crippen LogP contribution in [0.15, 0.2) is 0 Å². The molecule has 3 atom stereocenters. The van der Waals surface area contributed by atoms with E-state index in [9.17, 15) is 0 Å². The van der Waals surface area contributed by atoms with Gasteiger partial charge in [-0.05, 0) is 82.5 Å². The fourth-order valence-corrected chi connectivity index (χ4v) is 4.37. The van der Waals surface area contributed by atoms with Crippen molar-refractivity contribution in [3.63, 3.8) is 0 Å². The van der Waals surface area contributed by atoms with Gasteiger partial charge in [0.25, 0.3) is 0 Å². The van der Waals surface area contributed by atoms with Crippen molar-refractivity contribution in [2.75, 3.05) is 26.2 Å². The molecule has 2 aliphatic carbocycles. The first kappa shape index (κ1) is 12.9. The molecule has 1 heterocycles. The van der Waals surface area contributed by atoms with Gasteiger partial charge >= 0.3 is 0 Å². The second-order valence-corrected chi connectivity index (χ2v) is 7.11. The summed E-state index contributed by atoms with van der Waals surface area (Å²) in [4.78, 5) is 2.67. The second-order valence-electron chi connectivity index (χ2n) is 7.11. The minimum Gasteiger partial charge on any atom is -0.314 e. The van der Waals surface area contributed by atoms with Crippen molar-refractivity contribution < 1.29 is 0 Å². The van der Waals surface area contributed by atoms with E-state index in [1.54, 1.807) is 0 Å². The van der Waals surface area contributed by atoms with E-state index in [1.165, 1.54) is 71.1 Å². The molecule has 1 saturated heterocycles. The summed E-state index contributed by atoms with van der Waals surface area (Å²) < 4.78 is 0. The lowest BCUT2D eigenvalue weighted by Gasteiger charge is -2.30. The lowest BCUT2D eigenvalue weighted by atomic mass is 9.95. The molecular formula is C16H30N2. The van der Waals surface area contributed by atoms with Crippen LogP contribution in [0.2, 0.25) is 0 Å². The molecule has 0 spiro atoms. The summed E-state index contributed by atoms with van der Waals surface area (Å²) in [5, 5.41) is 3.83. The summed E-state index contributed by atoms with van der Waals surface area (Å²) in [5.74, 6) is 3.08. The predicted molar refractivity (Wildman–Crippen MR) is 76.7 cm³/mol. The van der Waals surface area contributed by atoms with Crippen LogP contribution < -0.4 is 5.32 Å². The van der Waals surface area contributed by atoms with Crippen LogP contribution in [0.3, 0.4) is 0 Å². The summed E-state index contributed by atoms with van der Waals surface area (Å²) in [6, 6.07) is 0.880. The number of fused-ring (bicyclic) bond motifs is 2. The highest BCUT2D eigenvalue weighted by molar-refractivity contribution is 4.93. The van der Waals surface area contributed by atoms with E-state index in [1.807, 2.05) is 0 Å². The van der Waals surface area contributed by atoms with Crippen LogP contribution in [-0.2, 0) is 0 Å². The van der Waals surface area contributed by atoms with E-state index in [-0.39, 0.29) is 0 Å². The van der Waals surface area contributed by atoms with Gasteiger partial charge in [-0.25, -0.2) is 0 Å². The van der Waals surface area contributed by atoms with Gasteiger partial charge in [-0.15, -0.1) is 0 Å². The van der Waals surface area contributed by atoms with Gasteiger partial charge in [-0.1, -0.05) is 13.3 Å². The first-order valence-corrected chi connectivity index (χ1v) is 8.27. The first-order valence-electron chi connectivity index (χ1n) is 8.27. The number of likely N-dealkylation sites (tertiary alicyclic amines) is 1. The highest BCUT2D eigenvalue weighted by atomic mass is 15.1. The van der Waals surface area contributed by atoms with Crippen LogP contribution in [0, 0.1) is 17.8 Å². The molecule has 0 amide bonds. The van der Waals surface area contributed by atoms with Crippen molar-refractivity contribution in [1.29, 1.82) is 0 Å². The van der Waals surface area contributed by atoms with Crippen LogP contribution in [0.5, 0.6) is 0 Å². The van der Waals surface area contributed by atoms with Crippen molar-refractivity contribution >= 4 is 0 Å². The van der Waals surface area contributed by atoms with Crippen molar-refractivity contribution in [1.82, 2.24) is 10.2 Å². The molecule has 3 rings (SSSR count). The summed E-state index contributed by atoms with van der Waals surface area (Å²) in [5.41, 5.74) is 0. The summed E-state index contributed by atoms with van der Waals surface area (Å²) in [7, 11) is 0. The van der Waals surface area contributed by atoms with Crippen LogP contribution in [-0.4, -0.2) is 37.1 Å². The molecule has 2 nitrogen and oxygen atoms in total. The van der Waals surface area contributed by atoms with Crippen LogP contribution >= 0.6 is 0 Å². The quantitative estimate of drug-likeness (QED) is 0.755. The van der Waals surface area contributed by atoms with Gasteiger partial charge in [-0.2, -0.15) is 0 Å². The summed E-state index contributed by atoms with van der Waals surface area (Å²) >= 11 is 0. The van der Waals surface area contributed by atoms with Crippen molar-refractivity contribution in [3.05, 3.63) is 0 Å². The minimum absolute atomic E-state index is 0.880. The van der Waals surface area contributed by atoms with Crippen LogP contribution in [0.1, 0.15) is 51.9 Å². The zero-order valence-corrected chi connectivity index (χ0v) is 12.0. The Morgan fingerprint density at radius 2 is 1.89 bits per heavy atom. The van der Waals surface area contributed by atoms with Gasteiger partial charge in [-0.3, -0.25) is 0 Å². The minimum atomic E-state index is 0.880. The third kappa shape index (κ3) is 3.08. The maximum atomic E-state index is 3.83. The Balaban J connectivity index is 1.27. The number of nitrogens with zero attached hydrogens (tertiary/aromatic N) is 1. The van der Waals surface area contributed by atoms with E-state index in [4.69, 9.17) is 0 Å². The van der Waals surface area contributed by atoms with Gasteiger partial charge in [0.15, 0.2) is 0 Å². The van der Waals surface area contributed by atoms with Gasteiger partial charge < -0.3 is 10.2 Å². The van der Waals surface area contributed by atoms with Gasteiger partial charge in [0, 0.05) is 6.04 Å². The Morgan fingerprint density at radius 1 is 1.06 bits per heavy atom. The zero-order valence-electron chi connectivity index (χ0n) is 12.0. The Hall–Kier alpha value is -0.0800. The molecule has 0 aromatic carbocycles. The van der Waals surface area contributed by atoms with Crippen molar-refractivity contribution in [3.8, 4) is 0 Å². The van der Waals surface area contributed by atoms with E-state index in [0.29, 0.717) is 0 Å². The fraction of sp³-hybridized carbons (Fsp3) is 1.00. The van der Waals surface area contributed by atoms with E-state index < -0.39 is 0 Å². The second kappa shape index (κ2) is 5.92. The lowest BCUT2D eigenvalue weighted by molar-refractivity contribution is 0.189. The third-order valence-electron chi connectivity index (χ3n) is 5.67. The number of nitrogens with one attached hydrogen (secondary N) is 1. The normalized spacial score (nSPS) is 37.5. The molecule has 0 aromatic heterocycles. The number of hydrogen-bond acceptors (Lipinski definition) is 2. The monoisotopic (exact) mass is 250 g/mol. The number of hydrogen-bond donors (Lipinski definition) is 1. The molecular weight excluding hydrogens is 220 g/mol. The van der Waals surface area contributed by atoms with Crippen molar-refractivity contribution in [2.45, 2.75) is 57.9 Å². The topological polar surface area (TPSA) is 15.3 Å². The average Bonchev–Trinajstić information content (AvgIpc) is 2.99. The predicted octanol–water partition coefficient (Wildman–Crippen LogP) is 2.89. The maximum absolute atomic E-state index is 3.83. The molecule has 3 aliphatic rings. The Bertz CT molecular complexity index is 258. The number of rotatable bonds is 5. The molecule has 104 valence electrons. The molecule has 2 heteroatoms. The average molecular weight is 250 g/mol. The Labute approximate surface area is 113 Å². The van der Waals surface area contributed by atoms with Gasteiger partial charge in [0.2, 0.25) is 0 Å². The molecule has 2 saturated carbocycles. The Morgan fingerprint density at radius 3 is 2.56 bits per heavy atom. The van der Waals surface area contributed by atoms with E-state index in [0.717, 1.165) is 23.8 Å². The summed E-state index contributed by atoms with van der Waals surface area (Å²) in [6.07, 6.45) is 10.2. The molecule has 1 N–H and O–H groups in total. The third-order valence-corrected chi connectivity index (χ3v) is 5.67. The fourth-order valence-electron chi connectivity index (χ4n) is 4.37. The highest BCUT2D eigenvalue weighted by Gasteiger charge is 2.38. The maximum Gasteiger partial charge on any atom is 0.00980 e. The van der Waals surface area contributed by atoms with E-state index >= 15 is 0 Å². The molecule has 1 aliphatic heterocycles. The van der Waals surface area contributed by atoms with Crippen LogP contribution in [0.4, 0.5) is 0 Å². The molecule has 18 heavy (non-hydrogen) atoms. The molecule has 3 fully saturated rings. The Kier molecular flexibility index (Phi) is 4.25. The smallest absolute Gasteiger partial charge is 0.00980 e. The molecule has 0 radical (unpaired) electrons.